The molecule has 0 saturated heterocycles. The standard InChI is InChI=1S/C22H16ClN3O/c1-13-3-7-19-20(9-13)26-22(25-19)15(12-24)10-17-6-8-21(27-17)18-11-16(23)5-4-14(18)2/h3-11H,1-2H3,(H,25,26)/b15-10-. The summed E-state index contributed by atoms with van der Waals surface area (Å²) in [5.41, 5.74) is 5.27. The van der Waals surface area contributed by atoms with Gasteiger partial charge in [0.25, 0.3) is 0 Å². The van der Waals surface area contributed by atoms with Gasteiger partial charge < -0.3 is 9.40 Å². The number of aromatic amines is 1. The number of hydrogen-bond donors (Lipinski definition) is 1. The Morgan fingerprint density at radius 1 is 1.15 bits per heavy atom. The molecule has 0 atom stereocenters. The average Bonchev–Trinajstić information content (AvgIpc) is 3.28. The first-order valence-electron chi connectivity index (χ1n) is 8.48. The minimum atomic E-state index is 0.410. The second-order valence-electron chi connectivity index (χ2n) is 6.44. The van der Waals surface area contributed by atoms with Crippen molar-refractivity contribution in [2.75, 3.05) is 0 Å². The molecule has 0 bridgehead atoms. The lowest BCUT2D eigenvalue weighted by Gasteiger charge is -2.02. The van der Waals surface area contributed by atoms with Gasteiger partial charge in [-0.25, -0.2) is 4.98 Å². The molecule has 4 rings (SSSR count). The van der Waals surface area contributed by atoms with E-state index in [0.717, 1.165) is 27.7 Å². The number of aryl methyl sites for hydroxylation is 2. The van der Waals surface area contributed by atoms with Crippen LogP contribution in [0.3, 0.4) is 0 Å². The van der Waals surface area contributed by atoms with Gasteiger partial charge in [0.05, 0.1) is 16.6 Å². The Labute approximate surface area is 161 Å². The van der Waals surface area contributed by atoms with Crippen LogP contribution in [0, 0.1) is 25.2 Å². The highest BCUT2D eigenvalue weighted by molar-refractivity contribution is 6.30. The predicted octanol–water partition coefficient (Wildman–Crippen LogP) is 6.16. The largest absolute Gasteiger partial charge is 0.457 e. The Morgan fingerprint density at radius 2 is 2.00 bits per heavy atom. The minimum Gasteiger partial charge on any atom is -0.457 e. The summed E-state index contributed by atoms with van der Waals surface area (Å²) >= 11 is 6.10. The third-order valence-corrected chi connectivity index (χ3v) is 4.63. The van der Waals surface area contributed by atoms with Crippen LogP contribution in [0.4, 0.5) is 0 Å². The molecule has 0 aliphatic heterocycles. The van der Waals surface area contributed by atoms with E-state index in [1.165, 1.54) is 0 Å². The summed E-state index contributed by atoms with van der Waals surface area (Å²) in [6.45, 7) is 4.02. The fraction of sp³-hybridized carbons (Fsp3) is 0.0909. The minimum absolute atomic E-state index is 0.410. The van der Waals surface area contributed by atoms with E-state index >= 15 is 0 Å². The van der Waals surface area contributed by atoms with E-state index in [2.05, 4.69) is 16.0 Å². The second kappa shape index (κ2) is 6.79. The highest BCUT2D eigenvalue weighted by Gasteiger charge is 2.11. The van der Waals surface area contributed by atoms with Gasteiger partial charge in [-0.1, -0.05) is 23.7 Å². The summed E-state index contributed by atoms with van der Waals surface area (Å²) in [7, 11) is 0. The molecule has 0 aliphatic carbocycles. The van der Waals surface area contributed by atoms with Crippen LogP contribution in [0.2, 0.25) is 5.02 Å². The van der Waals surface area contributed by atoms with Crippen LogP contribution in [-0.2, 0) is 0 Å². The summed E-state index contributed by atoms with van der Waals surface area (Å²) in [6.07, 6.45) is 1.69. The van der Waals surface area contributed by atoms with Crippen LogP contribution < -0.4 is 0 Å². The van der Waals surface area contributed by atoms with E-state index < -0.39 is 0 Å². The number of furan rings is 1. The Kier molecular flexibility index (Phi) is 4.31. The lowest BCUT2D eigenvalue weighted by molar-refractivity contribution is 0.571. The fourth-order valence-electron chi connectivity index (χ4n) is 2.98. The van der Waals surface area contributed by atoms with Crippen LogP contribution >= 0.6 is 11.6 Å². The Bertz CT molecular complexity index is 1220. The summed E-state index contributed by atoms with van der Waals surface area (Å²) < 4.78 is 5.92. The van der Waals surface area contributed by atoms with Crippen molar-refractivity contribution in [1.82, 2.24) is 9.97 Å². The van der Waals surface area contributed by atoms with Crippen molar-refractivity contribution < 1.29 is 4.42 Å². The third-order valence-electron chi connectivity index (χ3n) is 4.39. The highest BCUT2D eigenvalue weighted by Crippen LogP contribution is 2.29. The fourth-order valence-corrected chi connectivity index (χ4v) is 3.15. The lowest BCUT2D eigenvalue weighted by Crippen LogP contribution is -1.84. The number of aromatic nitrogens is 2. The number of nitrogens with zero attached hydrogens (tertiary/aromatic N) is 2. The molecule has 0 fully saturated rings. The van der Waals surface area contributed by atoms with Crippen molar-refractivity contribution in [3.05, 3.63) is 76.3 Å². The molecule has 2 heterocycles. The van der Waals surface area contributed by atoms with Crippen LogP contribution in [0.25, 0.3) is 34.0 Å². The molecule has 0 radical (unpaired) electrons. The highest BCUT2D eigenvalue weighted by atomic mass is 35.5. The molecule has 0 unspecified atom stereocenters. The molecule has 2 aromatic carbocycles. The van der Waals surface area contributed by atoms with Crippen LogP contribution in [-0.4, -0.2) is 9.97 Å². The quantitative estimate of drug-likeness (QED) is 0.437. The Morgan fingerprint density at radius 3 is 2.81 bits per heavy atom. The van der Waals surface area contributed by atoms with Crippen LogP contribution in [0.5, 0.6) is 0 Å². The Balaban J connectivity index is 1.72. The molecule has 2 aromatic heterocycles. The Hall–Kier alpha value is -3.29. The number of rotatable bonds is 3. The smallest absolute Gasteiger partial charge is 0.149 e. The number of H-pyrrole nitrogens is 1. The first kappa shape index (κ1) is 17.1. The van der Waals surface area contributed by atoms with Gasteiger partial charge in [0.1, 0.15) is 23.4 Å². The number of nitrogens with one attached hydrogen (secondary N) is 1. The van der Waals surface area contributed by atoms with Crippen LogP contribution in [0.15, 0.2) is 52.9 Å². The van der Waals surface area contributed by atoms with Crippen molar-refractivity contribution in [3.63, 3.8) is 0 Å². The second-order valence-corrected chi connectivity index (χ2v) is 6.87. The number of hydrogen-bond acceptors (Lipinski definition) is 3. The summed E-state index contributed by atoms with van der Waals surface area (Å²) in [5, 5.41) is 10.2. The maximum Gasteiger partial charge on any atom is 0.149 e. The van der Waals surface area contributed by atoms with E-state index in [0.29, 0.717) is 27.9 Å². The van der Waals surface area contributed by atoms with Gasteiger partial charge in [-0.3, -0.25) is 0 Å². The zero-order valence-electron chi connectivity index (χ0n) is 14.9. The monoisotopic (exact) mass is 373 g/mol. The third kappa shape index (κ3) is 3.38. The molecule has 0 aliphatic rings. The van der Waals surface area contributed by atoms with E-state index in [-0.39, 0.29) is 0 Å². The molecular formula is C22H16ClN3O. The molecular weight excluding hydrogens is 358 g/mol. The van der Waals surface area contributed by atoms with E-state index in [1.54, 1.807) is 6.08 Å². The lowest BCUT2D eigenvalue weighted by atomic mass is 10.1. The van der Waals surface area contributed by atoms with E-state index in [1.807, 2.05) is 62.4 Å². The van der Waals surface area contributed by atoms with Gasteiger partial charge >= 0.3 is 0 Å². The first-order chi connectivity index (χ1) is 13.0. The summed E-state index contributed by atoms with van der Waals surface area (Å²) in [4.78, 5) is 7.71. The van der Waals surface area contributed by atoms with Gasteiger partial charge in [0.15, 0.2) is 0 Å². The summed E-state index contributed by atoms with van der Waals surface area (Å²) in [5.74, 6) is 1.81. The van der Waals surface area contributed by atoms with Gasteiger partial charge in [-0.15, -0.1) is 0 Å². The number of nitriles is 1. The topological polar surface area (TPSA) is 65.6 Å². The maximum absolute atomic E-state index is 9.59. The molecule has 132 valence electrons. The maximum atomic E-state index is 9.59. The van der Waals surface area contributed by atoms with E-state index in [4.69, 9.17) is 16.0 Å². The van der Waals surface area contributed by atoms with Gasteiger partial charge in [-0.2, -0.15) is 5.26 Å². The number of imidazole rings is 1. The predicted molar refractivity (Wildman–Crippen MR) is 108 cm³/mol. The molecule has 4 aromatic rings. The zero-order chi connectivity index (χ0) is 19.0. The van der Waals surface area contributed by atoms with Gasteiger partial charge in [0, 0.05) is 16.7 Å². The zero-order valence-corrected chi connectivity index (χ0v) is 15.6. The van der Waals surface area contributed by atoms with Crippen molar-refractivity contribution in [2.45, 2.75) is 13.8 Å². The molecule has 5 heteroatoms. The van der Waals surface area contributed by atoms with Crippen molar-refractivity contribution in [2.24, 2.45) is 0 Å². The van der Waals surface area contributed by atoms with Crippen molar-refractivity contribution in [1.29, 1.82) is 5.26 Å². The van der Waals surface area contributed by atoms with Crippen molar-refractivity contribution in [3.8, 4) is 17.4 Å². The molecule has 0 saturated carbocycles. The molecule has 0 spiro atoms. The SMILES string of the molecule is Cc1ccc2nc(/C(C#N)=C\c3ccc(-c4cc(Cl)ccc4C)o3)[nH]c2c1. The molecule has 4 nitrogen and oxygen atoms in total. The van der Waals surface area contributed by atoms with Gasteiger partial charge in [-0.05, 0) is 61.4 Å². The van der Waals surface area contributed by atoms with E-state index in [9.17, 15) is 5.26 Å². The molecule has 1 N–H and O–H groups in total. The van der Waals surface area contributed by atoms with Gasteiger partial charge in [0.2, 0.25) is 0 Å². The number of benzene rings is 2. The molecule has 0 amide bonds. The number of fused-ring (bicyclic) bond motifs is 1. The molecule has 27 heavy (non-hydrogen) atoms. The number of allylic oxidation sites excluding steroid dienone is 1. The number of halogens is 1. The van der Waals surface area contributed by atoms with Crippen LogP contribution in [0.1, 0.15) is 22.7 Å². The normalized spacial score (nSPS) is 11.7. The first-order valence-corrected chi connectivity index (χ1v) is 8.86. The average molecular weight is 374 g/mol. The van der Waals surface area contributed by atoms with Crippen molar-refractivity contribution >= 4 is 34.3 Å². The summed E-state index contributed by atoms with van der Waals surface area (Å²) in [6, 6.07) is 17.5.